The van der Waals surface area contributed by atoms with Crippen LogP contribution in [-0.2, 0) is 0 Å². The number of nitrogens with zero attached hydrogens (tertiary/aromatic N) is 2. The van der Waals surface area contributed by atoms with Gasteiger partial charge in [0, 0.05) is 19.1 Å². The molecule has 0 spiro atoms. The largest absolute Gasteiger partial charge is 0.441 e. The number of rotatable bonds is 1. The van der Waals surface area contributed by atoms with Gasteiger partial charge in [-0.2, -0.15) is 0 Å². The van der Waals surface area contributed by atoms with Crippen LogP contribution in [0.4, 0.5) is 5.69 Å². The van der Waals surface area contributed by atoms with Gasteiger partial charge in [-0.25, -0.2) is 4.98 Å². The first-order valence-corrected chi connectivity index (χ1v) is 4.68. The molecule has 0 N–H and O–H groups in total. The summed E-state index contributed by atoms with van der Waals surface area (Å²) in [6.45, 7) is 5.70. The van der Waals surface area contributed by atoms with Gasteiger partial charge in [-0.15, -0.1) is 0 Å². The zero-order valence-corrected chi connectivity index (χ0v) is 8.85. The van der Waals surface area contributed by atoms with E-state index in [-0.39, 0.29) is 5.69 Å². The van der Waals surface area contributed by atoms with E-state index in [1.165, 1.54) is 12.1 Å². The van der Waals surface area contributed by atoms with Gasteiger partial charge in [0.05, 0.1) is 4.92 Å². The summed E-state index contributed by atoms with van der Waals surface area (Å²) in [6, 6.07) is 4.34. The van der Waals surface area contributed by atoms with E-state index in [0.29, 0.717) is 17.0 Å². The standard InChI is InChI=1S/C8H6N2O3.C2H6/c1-5-9-7-4-6(10(11)12)2-3-8(7)13-5;1-2/h2-4H,1H3;1-2H3. The van der Waals surface area contributed by atoms with E-state index in [0.717, 1.165) is 0 Å². The molecule has 5 nitrogen and oxygen atoms in total. The number of fused-ring (bicyclic) bond motifs is 1. The molecule has 0 amide bonds. The number of hydrogen-bond acceptors (Lipinski definition) is 4. The quantitative estimate of drug-likeness (QED) is 0.533. The fourth-order valence-electron chi connectivity index (χ4n) is 1.14. The highest BCUT2D eigenvalue weighted by Gasteiger charge is 2.09. The highest BCUT2D eigenvalue weighted by atomic mass is 16.6. The third kappa shape index (κ3) is 2.31. The summed E-state index contributed by atoms with van der Waals surface area (Å²) in [5, 5.41) is 10.4. The van der Waals surface area contributed by atoms with Crippen molar-refractivity contribution in [2.45, 2.75) is 20.8 Å². The van der Waals surface area contributed by atoms with Crippen molar-refractivity contribution in [2.75, 3.05) is 0 Å². The Hall–Kier alpha value is -1.91. The Morgan fingerprint density at radius 2 is 2.07 bits per heavy atom. The van der Waals surface area contributed by atoms with Crippen LogP contribution in [-0.4, -0.2) is 9.91 Å². The molecule has 0 atom stereocenters. The van der Waals surface area contributed by atoms with Crippen molar-refractivity contribution >= 4 is 16.8 Å². The first-order valence-electron chi connectivity index (χ1n) is 4.68. The topological polar surface area (TPSA) is 69.2 Å². The summed E-state index contributed by atoms with van der Waals surface area (Å²) < 4.78 is 5.17. The van der Waals surface area contributed by atoms with Gasteiger partial charge >= 0.3 is 0 Å². The van der Waals surface area contributed by atoms with E-state index in [1.54, 1.807) is 13.0 Å². The molecule has 0 radical (unpaired) electrons. The van der Waals surface area contributed by atoms with Crippen molar-refractivity contribution in [1.82, 2.24) is 4.98 Å². The van der Waals surface area contributed by atoms with Crippen LogP contribution in [0, 0.1) is 17.0 Å². The Kier molecular flexibility index (Phi) is 3.38. The second kappa shape index (κ2) is 4.54. The van der Waals surface area contributed by atoms with Gasteiger partial charge in [0.1, 0.15) is 5.52 Å². The minimum atomic E-state index is -0.455. The Morgan fingerprint density at radius 3 is 2.67 bits per heavy atom. The average molecular weight is 208 g/mol. The third-order valence-electron chi connectivity index (χ3n) is 1.69. The van der Waals surface area contributed by atoms with Crippen LogP contribution in [0.1, 0.15) is 19.7 Å². The first kappa shape index (κ1) is 11.2. The van der Waals surface area contributed by atoms with Gasteiger partial charge in [0.25, 0.3) is 5.69 Å². The molecule has 0 aliphatic carbocycles. The summed E-state index contributed by atoms with van der Waals surface area (Å²) in [4.78, 5) is 13.9. The Balaban J connectivity index is 0.000000531. The highest BCUT2D eigenvalue weighted by Crippen LogP contribution is 2.20. The number of nitro benzene ring substituents is 1. The van der Waals surface area contributed by atoms with Crippen molar-refractivity contribution in [1.29, 1.82) is 0 Å². The lowest BCUT2D eigenvalue weighted by molar-refractivity contribution is -0.384. The fourth-order valence-corrected chi connectivity index (χ4v) is 1.14. The second-order valence-electron chi connectivity index (χ2n) is 2.64. The van der Waals surface area contributed by atoms with E-state index in [2.05, 4.69) is 4.98 Å². The van der Waals surface area contributed by atoms with Crippen LogP contribution in [0.25, 0.3) is 11.1 Å². The van der Waals surface area contributed by atoms with Gasteiger partial charge in [-0.05, 0) is 6.07 Å². The average Bonchev–Trinajstić information content (AvgIpc) is 2.59. The van der Waals surface area contributed by atoms with Crippen LogP contribution in [0.2, 0.25) is 0 Å². The minimum Gasteiger partial charge on any atom is -0.441 e. The van der Waals surface area contributed by atoms with Gasteiger partial charge < -0.3 is 4.42 Å². The minimum absolute atomic E-state index is 0.0285. The number of aromatic nitrogens is 1. The second-order valence-corrected chi connectivity index (χ2v) is 2.64. The summed E-state index contributed by atoms with van der Waals surface area (Å²) in [5.41, 5.74) is 1.12. The van der Waals surface area contributed by atoms with Crippen LogP contribution < -0.4 is 0 Å². The van der Waals surface area contributed by atoms with E-state index in [9.17, 15) is 10.1 Å². The molecule has 2 rings (SSSR count). The van der Waals surface area contributed by atoms with Gasteiger partial charge in [0.15, 0.2) is 11.5 Å². The zero-order chi connectivity index (χ0) is 11.4. The normalized spacial score (nSPS) is 9.53. The number of benzene rings is 1. The van der Waals surface area contributed by atoms with Crippen molar-refractivity contribution in [3.05, 3.63) is 34.2 Å². The molecule has 0 unspecified atom stereocenters. The molecular formula is C10H12N2O3. The van der Waals surface area contributed by atoms with E-state index >= 15 is 0 Å². The van der Waals surface area contributed by atoms with Crippen molar-refractivity contribution in [3.8, 4) is 0 Å². The predicted molar refractivity (Wildman–Crippen MR) is 56.7 cm³/mol. The Labute approximate surface area is 86.9 Å². The van der Waals surface area contributed by atoms with E-state index in [1.807, 2.05) is 13.8 Å². The van der Waals surface area contributed by atoms with Crippen LogP contribution >= 0.6 is 0 Å². The molecule has 1 heterocycles. The predicted octanol–water partition coefficient (Wildman–Crippen LogP) is 3.07. The molecule has 0 aliphatic rings. The molecule has 2 aromatic rings. The number of hydrogen-bond donors (Lipinski definition) is 0. The monoisotopic (exact) mass is 208 g/mol. The third-order valence-corrected chi connectivity index (χ3v) is 1.69. The molecule has 0 bridgehead atoms. The molecule has 15 heavy (non-hydrogen) atoms. The first-order chi connectivity index (χ1) is 7.16. The lowest BCUT2D eigenvalue weighted by Crippen LogP contribution is -1.86. The number of non-ortho nitro benzene ring substituents is 1. The fraction of sp³-hybridized carbons (Fsp3) is 0.300. The van der Waals surface area contributed by atoms with Crippen molar-refractivity contribution < 1.29 is 9.34 Å². The lowest BCUT2D eigenvalue weighted by Gasteiger charge is -1.88. The molecule has 0 saturated heterocycles. The molecular weight excluding hydrogens is 196 g/mol. The van der Waals surface area contributed by atoms with Crippen molar-refractivity contribution in [3.63, 3.8) is 0 Å². The maximum absolute atomic E-state index is 10.4. The van der Waals surface area contributed by atoms with Crippen LogP contribution in [0.3, 0.4) is 0 Å². The Morgan fingerprint density at radius 1 is 1.40 bits per heavy atom. The molecule has 1 aromatic carbocycles. The molecule has 80 valence electrons. The molecule has 1 aromatic heterocycles. The summed E-state index contributed by atoms with van der Waals surface area (Å²) in [6.07, 6.45) is 0. The number of nitro groups is 1. The summed E-state index contributed by atoms with van der Waals surface area (Å²) in [7, 11) is 0. The van der Waals surface area contributed by atoms with Crippen molar-refractivity contribution in [2.24, 2.45) is 0 Å². The van der Waals surface area contributed by atoms with Crippen LogP contribution in [0.15, 0.2) is 22.6 Å². The van der Waals surface area contributed by atoms with E-state index in [4.69, 9.17) is 4.42 Å². The summed E-state index contributed by atoms with van der Waals surface area (Å²) in [5.74, 6) is 0.510. The number of aryl methyl sites for hydroxylation is 1. The zero-order valence-electron chi connectivity index (χ0n) is 8.85. The highest BCUT2D eigenvalue weighted by molar-refractivity contribution is 5.75. The molecule has 5 heteroatoms. The van der Waals surface area contributed by atoms with Gasteiger partial charge in [0.2, 0.25) is 0 Å². The SMILES string of the molecule is CC.Cc1nc2cc([N+](=O)[O-])ccc2o1. The smallest absolute Gasteiger partial charge is 0.271 e. The summed E-state index contributed by atoms with van der Waals surface area (Å²) >= 11 is 0. The van der Waals surface area contributed by atoms with E-state index < -0.39 is 4.92 Å². The molecule has 0 fully saturated rings. The number of oxazole rings is 1. The van der Waals surface area contributed by atoms with Gasteiger partial charge in [-0.3, -0.25) is 10.1 Å². The van der Waals surface area contributed by atoms with Crippen LogP contribution in [0.5, 0.6) is 0 Å². The van der Waals surface area contributed by atoms with Gasteiger partial charge in [-0.1, -0.05) is 13.8 Å². The molecule has 0 aliphatic heterocycles. The lowest BCUT2D eigenvalue weighted by atomic mass is 10.3. The maximum atomic E-state index is 10.4. The molecule has 0 saturated carbocycles. The Bertz CT molecular complexity index is 476. The maximum Gasteiger partial charge on any atom is 0.271 e.